The number of hydrogen-bond donors (Lipinski definition) is 3. The van der Waals surface area contributed by atoms with Gasteiger partial charge in [-0.25, -0.2) is 0 Å². The van der Waals surface area contributed by atoms with Crippen molar-refractivity contribution in [3.8, 4) is 0 Å². The van der Waals surface area contributed by atoms with Crippen molar-refractivity contribution in [2.75, 3.05) is 40.0 Å². The summed E-state index contributed by atoms with van der Waals surface area (Å²) in [6, 6.07) is 10.6. The lowest BCUT2D eigenvalue weighted by Gasteiger charge is -2.27. The van der Waals surface area contributed by atoms with E-state index in [0.717, 1.165) is 44.9 Å². The number of nitrogens with one attached hydrogen (secondary N) is 2. The highest BCUT2D eigenvalue weighted by molar-refractivity contribution is 5.79. The van der Waals surface area contributed by atoms with Gasteiger partial charge in [-0.05, 0) is 30.7 Å². The third kappa shape index (κ3) is 5.49. The van der Waals surface area contributed by atoms with Gasteiger partial charge in [0.05, 0.1) is 6.61 Å². The van der Waals surface area contributed by atoms with Gasteiger partial charge >= 0.3 is 0 Å². The van der Waals surface area contributed by atoms with Crippen molar-refractivity contribution in [1.82, 2.24) is 10.6 Å². The fourth-order valence-corrected chi connectivity index (χ4v) is 3.16. The molecular formula is C19H31N3O2. The molecule has 1 fully saturated rings. The fourth-order valence-electron chi connectivity index (χ4n) is 3.16. The molecule has 1 aliphatic rings. The molecule has 24 heavy (non-hydrogen) atoms. The minimum atomic E-state index is 0.0314. The normalized spacial score (nSPS) is 22.4. The van der Waals surface area contributed by atoms with Gasteiger partial charge in [-0.3, -0.25) is 4.99 Å². The summed E-state index contributed by atoms with van der Waals surface area (Å²) >= 11 is 0. The molecule has 2 unspecified atom stereocenters. The Morgan fingerprint density at radius 1 is 1.33 bits per heavy atom. The van der Waals surface area contributed by atoms with E-state index in [1.807, 2.05) is 0 Å². The predicted molar refractivity (Wildman–Crippen MR) is 98.4 cm³/mol. The molecule has 0 amide bonds. The number of guanidine groups is 1. The zero-order valence-corrected chi connectivity index (χ0v) is 14.9. The van der Waals surface area contributed by atoms with Crippen molar-refractivity contribution < 1.29 is 9.84 Å². The van der Waals surface area contributed by atoms with Crippen LogP contribution in [0.5, 0.6) is 0 Å². The molecule has 1 heterocycles. The first-order valence-electron chi connectivity index (χ1n) is 8.87. The number of ether oxygens (including phenoxy) is 1. The summed E-state index contributed by atoms with van der Waals surface area (Å²) in [5.74, 6) is 1.33. The van der Waals surface area contributed by atoms with E-state index < -0.39 is 0 Å². The molecule has 1 aliphatic heterocycles. The first-order chi connectivity index (χ1) is 11.7. The van der Waals surface area contributed by atoms with Crippen LogP contribution in [0, 0.1) is 5.41 Å². The molecule has 0 radical (unpaired) electrons. The lowest BCUT2D eigenvalue weighted by Crippen LogP contribution is -2.44. The van der Waals surface area contributed by atoms with Crippen LogP contribution in [0.25, 0.3) is 0 Å². The zero-order chi connectivity index (χ0) is 17.3. The molecule has 0 aromatic heterocycles. The molecule has 3 N–H and O–H groups in total. The van der Waals surface area contributed by atoms with Crippen LogP contribution in [0.1, 0.15) is 37.7 Å². The maximum Gasteiger partial charge on any atom is 0.190 e. The highest BCUT2D eigenvalue weighted by atomic mass is 16.5. The maximum atomic E-state index is 9.30. The van der Waals surface area contributed by atoms with Crippen LogP contribution >= 0.6 is 0 Å². The van der Waals surface area contributed by atoms with Gasteiger partial charge in [-0.2, -0.15) is 0 Å². The summed E-state index contributed by atoms with van der Waals surface area (Å²) in [5.41, 5.74) is 1.40. The summed E-state index contributed by atoms with van der Waals surface area (Å²) in [7, 11) is 1.79. The summed E-state index contributed by atoms with van der Waals surface area (Å²) in [5, 5.41) is 16.1. The largest absolute Gasteiger partial charge is 0.396 e. The molecule has 5 nitrogen and oxygen atoms in total. The minimum absolute atomic E-state index is 0.0314. The standard InChI is InChI=1S/C19H31N3O2/c1-16(17-6-4-3-5-7-17)8-11-21-18(20-2)22-14-19(9-12-23)10-13-24-15-19/h3-7,16,23H,8-15H2,1-2H3,(H2,20,21,22). The van der Waals surface area contributed by atoms with E-state index in [4.69, 9.17) is 4.74 Å². The summed E-state index contributed by atoms with van der Waals surface area (Å²) in [6.45, 7) is 5.59. The van der Waals surface area contributed by atoms with Crippen LogP contribution in [0.4, 0.5) is 0 Å². The number of aliphatic hydroxyl groups is 1. The van der Waals surface area contributed by atoms with Crippen LogP contribution in [0.2, 0.25) is 0 Å². The number of aliphatic hydroxyl groups excluding tert-OH is 1. The van der Waals surface area contributed by atoms with Crippen LogP contribution in [0.3, 0.4) is 0 Å². The number of benzene rings is 1. The second-order valence-electron chi connectivity index (χ2n) is 6.73. The highest BCUT2D eigenvalue weighted by Gasteiger charge is 2.34. The molecule has 2 atom stereocenters. The molecule has 134 valence electrons. The Morgan fingerprint density at radius 2 is 2.12 bits per heavy atom. The predicted octanol–water partition coefficient (Wildman–Crippen LogP) is 2.13. The van der Waals surface area contributed by atoms with Gasteiger partial charge in [-0.15, -0.1) is 0 Å². The highest BCUT2D eigenvalue weighted by Crippen LogP contribution is 2.31. The lowest BCUT2D eigenvalue weighted by molar-refractivity contribution is 0.127. The molecule has 0 bridgehead atoms. The van der Waals surface area contributed by atoms with Crippen molar-refractivity contribution in [2.24, 2.45) is 10.4 Å². The van der Waals surface area contributed by atoms with Crippen molar-refractivity contribution in [3.63, 3.8) is 0 Å². The molecule has 5 heteroatoms. The summed E-state index contributed by atoms with van der Waals surface area (Å²) < 4.78 is 5.53. The number of nitrogens with zero attached hydrogens (tertiary/aromatic N) is 1. The average Bonchev–Trinajstić information content (AvgIpc) is 3.07. The van der Waals surface area contributed by atoms with Gasteiger partial charge in [-0.1, -0.05) is 37.3 Å². The molecule has 0 saturated carbocycles. The Morgan fingerprint density at radius 3 is 2.75 bits per heavy atom. The number of aliphatic imine (C=N–C) groups is 1. The Bertz CT molecular complexity index is 499. The molecule has 2 rings (SSSR count). The molecular weight excluding hydrogens is 302 g/mol. The quantitative estimate of drug-likeness (QED) is 0.504. The summed E-state index contributed by atoms with van der Waals surface area (Å²) in [4.78, 5) is 4.30. The first-order valence-corrected chi connectivity index (χ1v) is 8.87. The van der Waals surface area contributed by atoms with Crippen molar-refractivity contribution in [2.45, 2.75) is 32.1 Å². The van der Waals surface area contributed by atoms with Crippen molar-refractivity contribution >= 4 is 5.96 Å². The van der Waals surface area contributed by atoms with E-state index in [9.17, 15) is 5.11 Å². The number of rotatable bonds is 8. The molecule has 1 aromatic rings. The van der Waals surface area contributed by atoms with Crippen LogP contribution < -0.4 is 10.6 Å². The molecule has 0 spiro atoms. The van der Waals surface area contributed by atoms with E-state index >= 15 is 0 Å². The fraction of sp³-hybridized carbons (Fsp3) is 0.632. The van der Waals surface area contributed by atoms with Gasteiger partial charge in [0.1, 0.15) is 0 Å². The smallest absolute Gasteiger partial charge is 0.190 e. The SMILES string of the molecule is CN=C(NCCC(C)c1ccccc1)NCC1(CCO)CCOC1. The lowest BCUT2D eigenvalue weighted by atomic mass is 9.84. The maximum absolute atomic E-state index is 9.30. The topological polar surface area (TPSA) is 65.9 Å². The number of hydrogen-bond acceptors (Lipinski definition) is 3. The van der Waals surface area contributed by atoms with Crippen LogP contribution in [0.15, 0.2) is 35.3 Å². The Labute approximate surface area is 145 Å². The zero-order valence-electron chi connectivity index (χ0n) is 14.9. The monoisotopic (exact) mass is 333 g/mol. The first kappa shape index (κ1) is 18.7. The van der Waals surface area contributed by atoms with Gasteiger partial charge in [0.2, 0.25) is 0 Å². The summed E-state index contributed by atoms with van der Waals surface area (Å²) in [6.07, 6.45) is 2.81. The minimum Gasteiger partial charge on any atom is -0.396 e. The molecule has 1 aromatic carbocycles. The van der Waals surface area contributed by atoms with Crippen LogP contribution in [-0.2, 0) is 4.74 Å². The van der Waals surface area contributed by atoms with Crippen molar-refractivity contribution in [3.05, 3.63) is 35.9 Å². The molecule has 1 saturated heterocycles. The van der Waals surface area contributed by atoms with E-state index in [1.54, 1.807) is 7.05 Å². The van der Waals surface area contributed by atoms with Gasteiger partial charge in [0.15, 0.2) is 5.96 Å². The Hall–Kier alpha value is -1.59. The Balaban J connectivity index is 1.74. The van der Waals surface area contributed by atoms with E-state index in [0.29, 0.717) is 12.5 Å². The van der Waals surface area contributed by atoms with Gasteiger partial charge < -0.3 is 20.5 Å². The third-order valence-electron chi connectivity index (χ3n) is 4.92. The van der Waals surface area contributed by atoms with Gasteiger partial charge in [0.25, 0.3) is 0 Å². The second-order valence-corrected chi connectivity index (χ2v) is 6.73. The Kier molecular flexibility index (Phi) is 7.53. The van der Waals surface area contributed by atoms with E-state index in [2.05, 4.69) is 52.9 Å². The third-order valence-corrected chi connectivity index (χ3v) is 4.92. The molecule has 0 aliphatic carbocycles. The van der Waals surface area contributed by atoms with E-state index in [-0.39, 0.29) is 12.0 Å². The van der Waals surface area contributed by atoms with Crippen LogP contribution in [-0.4, -0.2) is 51.0 Å². The van der Waals surface area contributed by atoms with Gasteiger partial charge in [0, 0.05) is 38.8 Å². The van der Waals surface area contributed by atoms with E-state index in [1.165, 1.54) is 5.56 Å². The second kappa shape index (κ2) is 9.64. The van der Waals surface area contributed by atoms with Crippen molar-refractivity contribution in [1.29, 1.82) is 0 Å². The average molecular weight is 333 g/mol.